The number of amides is 4. The van der Waals surface area contributed by atoms with Gasteiger partial charge < -0.3 is 14.2 Å². The van der Waals surface area contributed by atoms with E-state index in [1.807, 2.05) is 0 Å². The molecule has 0 unspecified atom stereocenters. The van der Waals surface area contributed by atoms with Gasteiger partial charge in [-0.1, -0.05) is 13.0 Å². The van der Waals surface area contributed by atoms with Crippen LogP contribution in [0.3, 0.4) is 0 Å². The summed E-state index contributed by atoms with van der Waals surface area (Å²) >= 11 is 0. The molecule has 4 amide bonds. The molecule has 1 heterocycles. The van der Waals surface area contributed by atoms with Gasteiger partial charge in [0.15, 0.2) is 11.5 Å². The topological polar surface area (TPSA) is 111 Å². The molecule has 0 radical (unpaired) electrons. The number of anilines is 1. The van der Waals surface area contributed by atoms with Crippen LogP contribution in [0.5, 0.6) is 17.2 Å². The Hall–Kier alpha value is -4.14. The van der Waals surface area contributed by atoms with Gasteiger partial charge in [0.2, 0.25) is 0 Å². The highest BCUT2D eigenvalue weighted by molar-refractivity contribution is 6.39. The zero-order valence-electron chi connectivity index (χ0n) is 17.8. The van der Waals surface area contributed by atoms with Gasteiger partial charge in [0.1, 0.15) is 11.3 Å². The molecule has 2 aromatic rings. The smallest absolute Gasteiger partial charge is 0.335 e. The summed E-state index contributed by atoms with van der Waals surface area (Å²) in [5.41, 5.74) is 0.497. The van der Waals surface area contributed by atoms with Crippen LogP contribution in [0.15, 0.2) is 48.0 Å². The summed E-state index contributed by atoms with van der Waals surface area (Å²) in [6.07, 6.45) is 1.54. The summed E-state index contributed by atoms with van der Waals surface area (Å²) in [5.74, 6) is -0.941. The first-order valence-corrected chi connectivity index (χ1v) is 9.91. The number of hydrogen-bond acceptors (Lipinski definition) is 7. The molecule has 1 aliphatic heterocycles. The van der Waals surface area contributed by atoms with Gasteiger partial charge in [-0.3, -0.25) is 19.7 Å². The van der Waals surface area contributed by atoms with Gasteiger partial charge in [-0.25, -0.2) is 9.69 Å². The summed E-state index contributed by atoms with van der Waals surface area (Å²) < 4.78 is 15.9. The zero-order chi connectivity index (χ0) is 23.3. The lowest BCUT2D eigenvalue weighted by Gasteiger charge is -2.26. The summed E-state index contributed by atoms with van der Waals surface area (Å²) in [6, 6.07) is 10.1. The molecule has 0 bridgehead atoms. The Balaban J connectivity index is 1.95. The van der Waals surface area contributed by atoms with E-state index in [0.29, 0.717) is 17.9 Å². The van der Waals surface area contributed by atoms with Gasteiger partial charge in [0, 0.05) is 6.42 Å². The number of urea groups is 1. The molecule has 3 rings (SSSR count). The second kappa shape index (κ2) is 9.78. The average Bonchev–Trinajstić information content (AvgIpc) is 2.78. The van der Waals surface area contributed by atoms with Crippen molar-refractivity contribution in [3.05, 3.63) is 53.6 Å². The third kappa shape index (κ3) is 4.77. The zero-order valence-corrected chi connectivity index (χ0v) is 17.8. The van der Waals surface area contributed by atoms with Crippen molar-refractivity contribution >= 4 is 35.6 Å². The Kier molecular flexibility index (Phi) is 6.89. The molecule has 1 N–H and O–H groups in total. The molecule has 0 aromatic heterocycles. The maximum atomic E-state index is 13.0. The number of barbiturate groups is 1. The van der Waals surface area contributed by atoms with Crippen LogP contribution in [-0.2, 0) is 14.4 Å². The molecule has 0 spiro atoms. The predicted molar refractivity (Wildman–Crippen MR) is 116 cm³/mol. The number of nitrogens with one attached hydrogen (secondary N) is 1. The van der Waals surface area contributed by atoms with E-state index in [9.17, 15) is 19.2 Å². The van der Waals surface area contributed by atoms with Crippen molar-refractivity contribution in [3.63, 3.8) is 0 Å². The van der Waals surface area contributed by atoms with Crippen molar-refractivity contribution in [2.75, 3.05) is 18.6 Å². The molecule has 1 fully saturated rings. The summed E-state index contributed by atoms with van der Waals surface area (Å²) in [5, 5.41) is 2.17. The fraction of sp³-hybridized carbons (Fsp3) is 0.217. The fourth-order valence-corrected chi connectivity index (χ4v) is 2.95. The predicted octanol–water partition coefficient (Wildman–Crippen LogP) is 3.08. The third-order valence-corrected chi connectivity index (χ3v) is 4.52. The van der Waals surface area contributed by atoms with Crippen LogP contribution in [0.25, 0.3) is 6.08 Å². The van der Waals surface area contributed by atoms with Gasteiger partial charge in [-0.05, 0) is 55.0 Å². The number of ether oxygens (including phenoxy) is 3. The van der Waals surface area contributed by atoms with E-state index in [1.165, 1.54) is 31.4 Å². The molecule has 1 aliphatic rings. The molecule has 0 atom stereocenters. The number of carbonyl (C=O) groups excluding carboxylic acids is 4. The number of imide groups is 2. The lowest BCUT2D eigenvalue weighted by Crippen LogP contribution is -2.54. The highest BCUT2D eigenvalue weighted by Crippen LogP contribution is 2.31. The van der Waals surface area contributed by atoms with Crippen LogP contribution in [0, 0.1) is 0 Å². The van der Waals surface area contributed by atoms with E-state index in [0.717, 1.165) is 4.90 Å². The molecule has 0 saturated carbocycles. The molecular formula is C23H22N2O7. The minimum absolute atomic E-state index is 0.196. The molecule has 166 valence electrons. The first kappa shape index (κ1) is 22.5. The Morgan fingerprint density at radius 3 is 2.38 bits per heavy atom. The van der Waals surface area contributed by atoms with Crippen molar-refractivity contribution < 1.29 is 33.4 Å². The molecule has 2 aromatic carbocycles. The first-order valence-electron chi connectivity index (χ1n) is 9.91. The quantitative estimate of drug-likeness (QED) is 0.306. The Morgan fingerprint density at radius 1 is 1.03 bits per heavy atom. The number of benzene rings is 2. The number of hydrogen-bond donors (Lipinski definition) is 1. The van der Waals surface area contributed by atoms with E-state index >= 15 is 0 Å². The Morgan fingerprint density at radius 2 is 1.75 bits per heavy atom. The van der Waals surface area contributed by atoms with Crippen LogP contribution >= 0.6 is 0 Å². The van der Waals surface area contributed by atoms with Crippen LogP contribution < -0.4 is 24.4 Å². The van der Waals surface area contributed by atoms with Crippen molar-refractivity contribution in [3.8, 4) is 17.2 Å². The molecule has 9 heteroatoms. The highest BCUT2D eigenvalue weighted by atomic mass is 16.6. The average molecular weight is 438 g/mol. The maximum absolute atomic E-state index is 13.0. The Labute approximate surface area is 184 Å². The van der Waals surface area contributed by atoms with Gasteiger partial charge >= 0.3 is 12.0 Å². The second-order valence-electron chi connectivity index (χ2n) is 6.62. The summed E-state index contributed by atoms with van der Waals surface area (Å²) in [7, 11) is 1.50. The lowest BCUT2D eigenvalue weighted by atomic mass is 10.1. The van der Waals surface area contributed by atoms with E-state index in [4.69, 9.17) is 14.2 Å². The molecule has 0 aliphatic carbocycles. The number of nitrogens with zero attached hydrogens (tertiary/aromatic N) is 1. The fourth-order valence-electron chi connectivity index (χ4n) is 2.95. The Bertz CT molecular complexity index is 1090. The highest BCUT2D eigenvalue weighted by Gasteiger charge is 2.36. The first-order chi connectivity index (χ1) is 15.4. The number of rotatable bonds is 7. The van der Waals surface area contributed by atoms with Crippen LogP contribution in [0.4, 0.5) is 10.5 Å². The largest absolute Gasteiger partial charge is 0.497 e. The van der Waals surface area contributed by atoms with Crippen LogP contribution in [0.1, 0.15) is 25.8 Å². The van der Waals surface area contributed by atoms with Crippen molar-refractivity contribution in [2.24, 2.45) is 0 Å². The molecule has 9 nitrogen and oxygen atoms in total. The van der Waals surface area contributed by atoms with Gasteiger partial charge in [0.05, 0.1) is 19.4 Å². The maximum Gasteiger partial charge on any atom is 0.335 e. The van der Waals surface area contributed by atoms with Crippen LogP contribution in [0.2, 0.25) is 0 Å². The minimum Gasteiger partial charge on any atom is -0.497 e. The second-order valence-corrected chi connectivity index (χ2v) is 6.62. The number of esters is 1. The normalized spacial score (nSPS) is 14.9. The number of carbonyl (C=O) groups is 4. The summed E-state index contributed by atoms with van der Waals surface area (Å²) in [4.78, 5) is 50.2. The van der Waals surface area contributed by atoms with Crippen molar-refractivity contribution in [1.29, 1.82) is 0 Å². The van der Waals surface area contributed by atoms with Gasteiger partial charge in [-0.15, -0.1) is 0 Å². The van der Waals surface area contributed by atoms with E-state index in [1.54, 1.807) is 38.1 Å². The monoisotopic (exact) mass is 438 g/mol. The minimum atomic E-state index is -0.848. The molecule has 1 saturated heterocycles. The van der Waals surface area contributed by atoms with Crippen molar-refractivity contribution in [1.82, 2.24) is 5.32 Å². The third-order valence-electron chi connectivity index (χ3n) is 4.52. The van der Waals surface area contributed by atoms with Gasteiger partial charge in [-0.2, -0.15) is 0 Å². The lowest BCUT2D eigenvalue weighted by molar-refractivity contribution is -0.134. The van der Waals surface area contributed by atoms with Crippen molar-refractivity contribution in [2.45, 2.75) is 20.3 Å². The SMILES string of the molecule is CCOc1cc(C=C2C(=O)NC(=O)N(c3ccc(OC)cc3)C2=O)ccc1OC(=O)CC. The van der Waals surface area contributed by atoms with Crippen LogP contribution in [-0.4, -0.2) is 37.5 Å². The molecule has 32 heavy (non-hydrogen) atoms. The standard InChI is InChI=1S/C23H22N2O7/c1-4-20(26)32-18-11-6-14(13-19(18)31-5-2)12-17-21(27)24-23(29)25(22(17)28)15-7-9-16(30-3)10-8-15/h6-13H,4-5H2,1-3H3,(H,24,27,29). The molecular weight excluding hydrogens is 416 g/mol. The van der Waals surface area contributed by atoms with Gasteiger partial charge in [0.25, 0.3) is 11.8 Å². The number of methoxy groups -OCH3 is 1. The van der Waals surface area contributed by atoms with E-state index in [2.05, 4.69) is 5.32 Å². The summed E-state index contributed by atoms with van der Waals surface area (Å²) in [6.45, 7) is 3.76. The van der Waals surface area contributed by atoms with E-state index < -0.39 is 23.8 Å². The van der Waals surface area contributed by atoms with E-state index in [-0.39, 0.29) is 29.2 Å².